The molecule has 3 rings (SSSR count). The van der Waals surface area contributed by atoms with E-state index >= 15 is 0 Å². The third-order valence-corrected chi connectivity index (χ3v) is 4.22. The van der Waals surface area contributed by atoms with Crippen molar-refractivity contribution in [3.05, 3.63) is 88.7 Å². The molecular weight excluding hydrogens is 353 g/mol. The maximum Gasteiger partial charge on any atom is 0.166 e. The maximum absolute atomic E-state index is 14.1. The normalized spacial score (nSPS) is 11.1. The first-order valence-electron chi connectivity index (χ1n) is 8.23. The number of rotatable bonds is 5. The van der Waals surface area contributed by atoms with E-state index in [9.17, 15) is 13.2 Å². The molecule has 1 N–H and O–H groups in total. The van der Waals surface area contributed by atoms with Crippen LogP contribution in [-0.4, -0.2) is 12.2 Å². The molecular formula is C22H17F3O2. The van der Waals surface area contributed by atoms with E-state index < -0.39 is 18.2 Å². The summed E-state index contributed by atoms with van der Waals surface area (Å²) in [6.45, 7) is -0.559. The molecule has 3 aromatic carbocycles. The minimum absolute atomic E-state index is 0.0787. The van der Waals surface area contributed by atoms with Gasteiger partial charge in [0.2, 0.25) is 0 Å². The quantitative estimate of drug-likeness (QED) is 0.606. The third kappa shape index (κ3) is 4.04. The summed E-state index contributed by atoms with van der Waals surface area (Å²) in [6, 6.07) is 14.4. The number of ether oxygens (including phenoxy) is 1. The molecule has 0 fully saturated rings. The molecule has 5 heteroatoms. The van der Waals surface area contributed by atoms with E-state index in [0.29, 0.717) is 16.9 Å². The van der Waals surface area contributed by atoms with Crippen LogP contribution in [0.1, 0.15) is 16.7 Å². The van der Waals surface area contributed by atoms with E-state index in [4.69, 9.17) is 9.84 Å². The summed E-state index contributed by atoms with van der Waals surface area (Å²) in [4.78, 5) is 0. The van der Waals surface area contributed by atoms with Crippen LogP contribution in [0.25, 0.3) is 23.3 Å². The molecule has 0 atom stereocenters. The molecule has 0 aliphatic heterocycles. The van der Waals surface area contributed by atoms with Gasteiger partial charge in [0.25, 0.3) is 0 Å². The fraction of sp³-hybridized carbons (Fsp3) is 0.0909. The van der Waals surface area contributed by atoms with Gasteiger partial charge in [-0.2, -0.15) is 0 Å². The monoisotopic (exact) mass is 370 g/mol. The lowest BCUT2D eigenvalue weighted by Gasteiger charge is -2.06. The highest BCUT2D eigenvalue weighted by Crippen LogP contribution is 2.27. The summed E-state index contributed by atoms with van der Waals surface area (Å²) in [6.07, 6.45) is 3.08. The Balaban J connectivity index is 1.82. The summed E-state index contributed by atoms with van der Waals surface area (Å²) >= 11 is 0. The van der Waals surface area contributed by atoms with Crippen LogP contribution in [0.2, 0.25) is 0 Å². The number of methoxy groups -OCH3 is 1. The number of aliphatic hydroxyl groups excluding tert-OH is 1. The van der Waals surface area contributed by atoms with Gasteiger partial charge in [-0.15, -0.1) is 0 Å². The van der Waals surface area contributed by atoms with E-state index in [1.165, 1.54) is 31.4 Å². The number of hydrogen-bond acceptors (Lipinski definition) is 2. The van der Waals surface area contributed by atoms with E-state index in [-0.39, 0.29) is 16.9 Å². The Labute approximate surface area is 155 Å². The van der Waals surface area contributed by atoms with Crippen LogP contribution in [0.5, 0.6) is 5.75 Å². The van der Waals surface area contributed by atoms with Crippen LogP contribution in [-0.2, 0) is 6.61 Å². The molecule has 0 heterocycles. The first-order valence-corrected chi connectivity index (χ1v) is 8.23. The number of benzene rings is 3. The van der Waals surface area contributed by atoms with Gasteiger partial charge in [0.15, 0.2) is 11.6 Å². The molecule has 0 aliphatic rings. The molecule has 3 aromatic rings. The van der Waals surface area contributed by atoms with Gasteiger partial charge in [-0.25, -0.2) is 13.2 Å². The highest BCUT2D eigenvalue weighted by atomic mass is 19.2. The van der Waals surface area contributed by atoms with Crippen LogP contribution in [0.4, 0.5) is 13.2 Å². The SMILES string of the molecule is COc1ccc(-c2ccc(/C=C/c3ccc(CO)c(F)c3F)cc2)c(F)c1. The molecule has 27 heavy (non-hydrogen) atoms. The average Bonchev–Trinajstić information content (AvgIpc) is 2.69. The van der Waals surface area contributed by atoms with Gasteiger partial charge >= 0.3 is 0 Å². The second kappa shape index (κ2) is 8.10. The summed E-state index contributed by atoms with van der Waals surface area (Å²) in [5.41, 5.74) is 1.88. The van der Waals surface area contributed by atoms with Crippen LogP contribution >= 0.6 is 0 Å². The fourth-order valence-electron chi connectivity index (χ4n) is 2.67. The Morgan fingerprint density at radius 1 is 0.889 bits per heavy atom. The first-order chi connectivity index (χ1) is 13.0. The molecule has 0 aromatic heterocycles. The van der Waals surface area contributed by atoms with Crippen molar-refractivity contribution in [1.29, 1.82) is 0 Å². The van der Waals surface area contributed by atoms with Crippen molar-refractivity contribution in [3.63, 3.8) is 0 Å². The van der Waals surface area contributed by atoms with Gasteiger partial charge in [0.1, 0.15) is 11.6 Å². The highest BCUT2D eigenvalue weighted by molar-refractivity contribution is 5.72. The fourth-order valence-corrected chi connectivity index (χ4v) is 2.67. The molecule has 0 saturated carbocycles. The van der Waals surface area contributed by atoms with Crippen molar-refractivity contribution in [1.82, 2.24) is 0 Å². The third-order valence-electron chi connectivity index (χ3n) is 4.22. The van der Waals surface area contributed by atoms with Gasteiger partial charge in [-0.1, -0.05) is 48.6 Å². The molecule has 138 valence electrons. The Hall–Kier alpha value is -3.05. The summed E-state index contributed by atoms with van der Waals surface area (Å²) in [5, 5.41) is 8.95. The van der Waals surface area contributed by atoms with E-state index in [1.807, 2.05) is 0 Å². The summed E-state index contributed by atoms with van der Waals surface area (Å²) in [5.74, 6) is -2.00. The van der Waals surface area contributed by atoms with Crippen LogP contribution in [0, 0.1) is 17.5 Å². The topological polar surface area (TPSA) is 29.5 Å². The van der Waals surface area contributed by atoms with Crippen molar-refractivity contribution in [2.24, 2.45) is 0 Å². The summed E-state index contributed by atoms with van der Waals surface area (Å²) < 4.78 is 46.8. The zero-order valence-corrected chi connectivity index (χ0v) is 14.5. The van der Waals surface area contributed by atoms with Gasteiger partial charge in [-0.05, 0) is 23.3 Å². The Morgan fingerprint density at radius 2 is 1.63 bits per heavy atom. The van der Waals surface area contributed by atoms with Gasteiger partial charge < -0.3 is 9.84 Å². The maximum atomic E-state index is 14.1. The van der Waals surface area contributed by atoms with Crippen molar-refractivity contribution < 1.29 is 23.0 Å². The Bertz CT molecular complexity index is 980. The zero-order chi connectivity index (χ0) is 19.4. The molecule has 0 aliphatic carbocycles. The van der Waals surface area contributed by atoms with E-state index in [1.54, 1.807) is 42.5 Å². The first kappa shape index (κ1) is 18.7. The Morgan fingerprint density at radius 3 is 2.26 bits per heavy atom. The van der Waals surface area contributed by atoms with Crippen molar-refractivity contribution >= 4 is 12.2 Å². The molecule has 0 saturated heterocycles. The van der Waals surface area contributed by atoms with Crippen molar-refractivity contribution in [2.75, 3.05) is 7.11 Å². The van der Waals surface area contributed by atoms with Crippen LogP contribution in [0.15, 0.2) is 54.6 Å². The van der Waals surface area contributed by atoms with E-state index in [0.717, 1.165) is 5.56 Å². The van der Waals surface area contributed by atoms with Crippen LogP contribution in [0.3, 0.4) is 0 Å². The smallest absolute Gasteiger partial charge is 0.166 e. The lowest BCUT2D eigenvalue weighted by molar-refractivity contribution is 0.273. The second-order valence-electron chi connectivity index (χ2n) is 5.90. The number of aliphatic hydroxyl groups is 1. The minimum atomic E-state index is -1.05. The standard InChI is InChI=1S/C22H17F3O2/c1-27-18-10-11-19(20(23)12-18)15-5-2-14(3-6-15)4-7-16-8-9-17(13-26)22(25)21(16)24/h2-12,26H,13H2,1H3/b7-4+. The number of hydrogen-bond donors (Lipinski definition) is 1. The van der Waals surface area contributed by atoms with Gasteiger partial charge in [0, 0.05) is 22.8 Å². The predicted molar refractivity (Wildman–Crippen MR) is 99.6 cm³/mol. The molecule has 0 radical (unpaired) electrons. The molecule has 2 nitrogen and oxygen atoms in total. The average molecular weight is 370 g/mol. The lowest BCUT2D eigenvalue weighted by Crippen LogP contribution is -1.96. The second-order valence-corrected chi connectivity index (χ2v) is 5.90. The molecule has 0 bridgehead atoms. The molecule has 0 amide bonds. The summed E-state index contributed by atoms with van der Waals surface area (Å²) in [7, 11) is 1.47. The largest absolute Gasteiger partial charge is 0.497 e. The molecule has 0 unspecified atom stereocenters. The minimum Gasteiger partial charge on any atom is -0.497 e. The lowest BCUT2D eigenvalue weighted by atomic mass is 10.0. The Kier molecular flexibility index (Phi) is 5.62. The zero-order valence-electron chi connectivity index (χ0n) is 14.5. The number of halogens is 3. The van der Waals surface area contributed by atoms with Crippen LogP contribution < -0.4 is 4.74 Å². The molecule has 0 spiro atoms. The van der Waals surface area contributed by atoms with E-state index in [2.05, 4.69) is 0 Å². The van der Waals surface area contributed by atoms with Crippen molar-refractivity contribution in [3.8, 4) is 16.9 Å². The van der Waals surface area contributed by atoms with Gasteiger partial charge in [0.05, 0.1) is 13.7 Å². The van der Waals surface area contributed by atoms with Gasteiger partial charge in [-0.3, -0.25) is 0 Å². The van der Waals surface area contributed by atoms with Crippen molar-refractivity contribution in [2.45, 2.75) is 6.61 Å². The predicted octanol–water partition coefficient (Wildman–Crippen LogP) is 5.44. The highest BCUT2D eigenvalue weighted by Gasteiger charge is 2.11.